The fourth-order valence-electron chi connectivity index (χ4n) is 3.08. The van der Waals surface area contributed by atoms with E-state index in [0.29, 0.717) is 31.0 Å². The smallest absolute Gasteiger partial charge is 0.254 e. The Labute approximate surface area is 154 Å². The predicted molar refractivity (Wildman–Crippen MR) is 99.4 cm³/mol. The summed E-state index contributed by atoms with van der Waals surface area (Å²) in [7, 11) is 0. The van der Waals surface area contributed by atoms with Crippen molar-refractivity contribution in [3.63, 3.8) is 0 Å². The Morgan fingerprint density at radius 3 is 2.60 bits per heavy atom. The van der Waals surface area contributed by atoms with Crippen molar-refractivity contribution in [3.8, 4) is 0 Å². The molecule has 1 aromatic carbocycles. The van der Waals surface area contributed by atoms with Crippen molar-refractivity contribution in [1.82, 2.24) is 4.90 Å². The molecule has 140 valence electrons. The van der Waals surface area contributed by atoms with E-state index in [4.69, 9.17) is 5.73 Å². The molecule has 0 radical (unpaired) electrons. The Morgan fingerprint density at radius 1 is 1.40 bits per heavy atom. The van der Waals surface area contributed by atoms with E-state index in [9.17, 15) is 14.0 Å². The second kappa shape index (κ2) is 9.15. The van der Waals surface area contributed by atoms with Gasteiger partial charge in [0.1, 0.15) is 5.82 Å². The van der Waals surface area contributed by atoms with Crippen LogP contribution in [0.1, 0.15) is 44.0 Å². The molecule has 0 bridgehead atoms. The molecule has 1 aromatic rings. The minimum absolute atomic E-state index is 0. The first-order valence-electron chi connectivity index (χ1n) is 8.42. The summed E-state index contributed by atoms with van der Waals surface area (Å²) in [6.45, 7) is 6.96. The third-order valence-corrected chi connectivity index (χ3v) is 4.34. The second-order valence-corrected chi connectivity index (χ2v) is 6.98. The molecule has 2 amide bonds. The highest BCUT2D eigenvalue weighted by atomic mass is 35.5. The van der Waals surface area contributed by atoms with Crippen LogP contribution in [-0.4, -0.2) is 35.8 Å². The highest BCUT2D eigenvalue weighted by Crippen LogP contribution is 2.25. The lowest BCUT2D eigenvalue weighted by Gasteiger charge is -2.22. The normalized spacial score (nSPS) is 19.7. The monoisotopic (exact) mass is 371 g/mol. The molecule has 1 saturated heterocycles. The molecule has 7 heteroatoms. The maximum Gasteiger partial charge on any atom is 0.254 e. The number of likely N-dealkylation sites (tertiary alicyclic amines) is 1. The number of amides is 2. The molecule has 25 heavy (non-hydrogen) atoms. The number of hydrogen-bond donors (Lipinski definition) is 2. The molecule has 2 unspecified atom stereocenters. The molecule has 3 N–H and O–H groups in total. The molecular weight excluding hydrogens is 345 g/mol. The first-order chi connectivity index (χ1) is 11.3. The number of anilines is 1. The fraction of sp³-hybridized carbons (Fsp3) is 0.556. The molecule has 1 aliphatic rings. The third-order valence-electron chi connectivity index (χ3n) is 4.34. The van der Waals surface area contributed by atoms with Gasteiger partial charge >= 0.3 is 0 Å². The summed E-state index contributed by atoms with van der Waals surface area (Å²) in [5, 5.41) is 2.55. The van der Waals surface area contributed by atoms with Crippen LogP contribution in [0.3, 0.4) is 0 Å². The van der Waals surface area contributed by atoms with Crippen LogP contribution in [0.15, 0.2) is 18.2 Å². The zero-order valence-corrected chi connectivity index (χ0v) is 15.7. The summed E-state index contributed by atoms with van der Waals surface area (Å²) in [6.07, 6.45) is 1.19. The van der Waals surface area contributed by atoms with Gasteiger partial charge in [0.25, 0.3) is 5.91 Å². The molecule has 0 saturated carbocycles. The van der Waals surface area contributed by atoms with E-state index in [-0.39, 0.29) is 41.9 Å². The van der Waals surface area contributed by atoms with Gasteiger partial charge in [-0.15, -0.1) is 12.4 Å². The zero-order valence-electron chi connectivity index (χ0n) is 14.9. The highest BCUT2D eigenvalue weighted by Gasteiger charge is 2.32. The summed E-state index contributed by atoms with van der Waals surface area (Å²) in [5.74, 6) is -0.538. The Hall–Kier alpha value is -1.66. The van der Waals surface area contributed by atoms with Crippen LogP contribution < -0.4 is 11.1 Å². The summed E-state index contributed by atoms with van der Waals surface area (Å²) in [4.78, 5) is 26.1. The summed E-state index contributed by atoms with van der Waals surface area (Å²) >= 11 is 0. The number of carbonyl (C=O) groups is 2. The topological polar surface area (TPSA) is 75.4 Å². The first kappa shape index (κ1) is 21.4. The number of hydrogen-bond acceptors (Lipinski definition) is 3. The van der Waals surface area contributed by atoms with Crippen LogP contribution in [0.5, 0.6) is 0 Å². The number of nitrogens with one attached hydrogen (secondary N) is 1. The summed E-state index contributed by atoms with van der Waals surface area (Å²) < 4.78 is 14.2. The van der Waals surface area contributed by atoms with Crippen LogP contribution in [0, 0.1) is 17.7 Å². The Balaban J connectivity index is 0.00000312. The van der Waals surface area contributed by atoms with Gasteiger partial charge in [-0.3, -0.25) is 9.59 Å². The van der Waals surface area contributed by atoms with E-state index < -0.39 is 5.82 Å². The molecule has 0 aromatic heterocycles. The molecule has 5 nitrogen and oxygen atoms in total. The van der Waals surface area contributed by atoms with Crippen LogP contribution in [0.25, 0.3) is 0 Å². The number of nitrogens with zero attached hydrogens (tertiary/aromatic N) is 1. The summed E-state index contributed by atoms with van der Waals surface area (Å²) in [6, 6.07) is 4.29. The average Bonchev–Trinajstić information content (AvgIpc) is 2.89. The lowest BCUT2D eigenvalue weighted by Crippen LogP contribution is -2.34. The van der Waals surface area contributed by atoms with Crippen LogP contribution in [0.2, 0.25) is 0 Å². The maximum absolute atomic E-state index is 14.2. The minimum atomic E-state index is -0.597. The number of carbonyl (C=O) groups excluding carboxylic acids is 2. The molecule has 0 spiro atoms. The molecular formula is C18H27ClFN3O2. The van der Waals surface area contributed by atoms with E-state index in [1.54, 1.807) is 11.0 Å². The predicted octanol–water partition coefficient (Wildman–Crippen LogP) is 3.04. The number of rotatable bonds is 5. The van der Waals surface area contributed by atoms with Gasteiger partial charge in [0, 0.05) is 24.6 Å². The van der Waals surface area contributed by atoms with Gasteiger partial charge in [0.05, 0.1) is 5.69 Å². The molecule has 2 atom stereocenters. The van der Waals surface area contributed by atoms with Gasteiger partial charge in [0.2, 0.25) is 5.91 Å². The quantitative estimate of drug-likeness (QED) is 0.835. The molecule has 1 aliphatic heterocycles. The van der Waals surface area contributed by atoms with E-state index in [1.165, 1.54) is 12.1 Å². The number of nitrogens with two attached hydrogens (primary N) is 1. The molecule has 0 aliphatic carbocycles. The van der Waals surface area contributed by atoms with Crippen molar-refractivity contribution in [2.24, 2.45) is 17.6 Å². The molecule has 1 heterocycles. The SMILES string of the molecule is CC(C)CC(=O)Nc1ccc(C(=O)N2CC(CN)CC2C)cc1F.Cl. The Bertz CT molecular complexity index is 624. The Morgan fingerprint density at radius 2 is 2.08 bits per heavy atom. The van der Waals surface area contributed by atoms with Crippen molar-refractivity contribution >= 4 is 29.9 Å². The lowest BCUT2D eigenvalue weighted by molar-refractivity contribution is -0.116. The standard InChI is InChI=1S/C18H26FN3O2.ClH/c1-11(2)6-17(23)21-16-5-4-14(8-15(16)19)18(24)22-10-13(9-20)7-12(22)3;/h4-5,8,11-13H,6-7,9-10,20H2,1-3H3,(H,21,23);1H. The number of halogens is 2. The van der Waals surface area contributed by atoms with Gasteiger partial charge in [-0.1, -0.05) is 13.8 Å². The maximum atomic E-state index is 14.2. The van der Waals surface area contributed by atoms with E-state index >= 15 is 0 Å². The minimum Gasteiger partial charge on any atom is -0.336 e. The third kappa shape index (κ3) is 5.41. The van der Waals surface area contributed by atoms with E-state index in [2.05, 4.69) is 5.32 Å². The Kier molecular flexibility index (Phi) is 7.83. The van der Waals surface area contributed by atoms with Gasteiger partial charge in [-0.25, -0.2) is 4.39 Å². The van der Waals surface area contributed by atoms with Crippen molar-refractivity contribution in [1.29, 1.82) is 0 Å². The largest absolute Gasteiger partial charge is 0.336 e. The van der Waals surface area contributed by atoms with Crippen molar-refractivity contribution < 1.29 is 14.0 Å². The van der Waals surface area contributed by atoms with Crippen LogP contribution >= 0.6 is 12.4 Å². The first-order valence-corrected chi connectivity index (χ1v) is 8.42. The van der Waals surface area contributed by atoms with Gasteiger partial charge in [-0.2, -0.15) is 0 Å². The van der Waals surface area contributed by atoms with E-state index in [0.717, 1.165) is 6.42 Å². The van der Waals surface area contributed by atoms with Crippen LogP contribution in [-0.2, 0) is 4.79 Å². The molecule has 2 rings (SSSR count). The lowest BCUT2D eigenvalue weighted by atomic mass is 10.1. The van der Waals surface area contributed by atoms with Crippen molar-refractivity contribution in [3.05, 3.63) is 29.6 Å². The average molecular weight is 372 g/mol. The van der Waals surface area contributed by atoms with Gasteiger partial charge in [-0.05, 0) is 49.9 Å². The zero-order chi connectivity index (χ0) is 17.9. The second-order valence-electron chi connectivity index (χ2n) is 6.98. The fourth-order valence-corrected chi connectivity index (χ4v) is 3.08. The van der Waals surface area contributed by atoms with Crippen molar-refractivity contribution in [2.45, 2.75) is 39.7 Å². The van der Waals surface area contributed by atoms with Crippen molar-refractivity contribution in [2.75, 3.05) is 18.4 Å². The van der Waals surface area contributed by atoms with Crippen LogP contribution in [0.4, 0.5) is 10.1 Å². The highest BCUT2D eigenvalue weighted by molar-refractivity contribution is 5.96. The number of benzene rings is 1. The summed E-state index contributed by atoms with van der Waals surface area (Å²) in [5.41, 5.74) is 6.08. The van der Waals surface area contributed by atoms with E-state index in [1.807, 2.05) is 20.8 Å². The molecule has 1 fully saturated rings. The van der Waals surface area contributed by atoms with Gasteiger partial charge in [0.15, 0.2) is 0 Å². The van der Waals surface area contributed by atoms with Gasteiger partial charge < -0.3 is 16.0 Å².